The van der Waals surface area contributed by atoms with Crippen LogP contribution < -0.4 is 5.32 Å². The Morgan fingerprint density at radius 2 is 1.75 bits per heavy atom. The Morgan fingerprint density at radius 1 is 1.10 bits per heavy atom. The molecular weight excluding hydrogens is 315 g/mol. The van der Waals surface area contributed by atoms with E-state index in [2.05, 4.69) is 26.3 Å². The van der Waals surface area contributed by atoms with Crippen LogP contribution in [0.5, 0.6) is 0 Å². The molecule has 0 spiro atoms. The van der Waals surface area contributed by atoms with Crippen molar-refractivity contribution in [1.29, 1.82) is 0 Å². The van der Waals surface area contributed by atoms with Crippen LogP contribution in [0.15, 0.2) is 59.6 Å². The Hall–Kier alpha value is -1.90. The number of nitrogens with zero attached hydrogens (tertiary/aromatic N) is 1. The maximum absolute atomic E-state index is 12.0. The summed E-state index contributed by atoms with van der Waals surface area (Å²) in [5.74, 6) is -0.157. The van der Waals surface area contributed by atoms with E-state index in [4.69, 9.17) is 0 Å². The van der Waals surface area contributed by atoms with E-state index >= 15 is 0 Å². The number of amidine groups is 1. The minimum atomic E-state index is -0.157. The minimum absolute atomic E-state index is 0.157. The van der Waals surface area contributed by atoms with E-state index in [1.165, 1.54) is 0 Å². The maximum atomic E-state index is 12.0. The summed E-state index contributed by atoms with van der Waals surface area (Å²) >= 11 is 2.78. The third-order valence-corrected chi connectivity index (χ3v) is 3.27. The first-order valence-electron chi connectivity index (χ1n) is 6.28. The van der Waals surface area contributed by atoms with Crippen LogP contribution in [0.3, 0.4) is 0 Å². The molecule has 0 atom stereocenters. The Morgan fingerprint density at radius 3 is 2.40 bits per heavy atom. The quantitative estimate of drug-likeness (QED) is 0.524. The van der Waals surface area contributed by atoms with Gasteiger partial charge >= 0.3 is 127 Å². The molecule has 0 saturated heterocycles. The van der Waals surface area contributed by atoms with Gasteiger partial charge in [0, 0.05) is 0 Å². The number of aryl methyl sites for hydroxylation is 1. The normalized spacial score (nSPS) is 11.2. The van der Waals surface area contributed by atoms with E-state index in [0.717, 1.165) is 11.1 Å². The fourth-order valence-electron chi connectivity index (χ4n) is 1.66. The van der Waals surface area contributed by atoms with Gasteiger partial charge in [-0.1, -0.05) is 0 Å². The summed E-state index contributed by atoms with van der Waals surface area (Å²) in [6.45, 7) is 2.53. The predicted molar refractivity (Wildman–Crippen MR) is 82.0 cm³/mol. The van der Waals surface area contributed by atoms with Crippen LogP contribution >= 0.6 is 0 Å². The van der Waals surface area contributed by atoms with Gasteiger partial charge in [0.25, 0.3) is 0 Å². The third-order valence-electron chi connectivity index (χ3n) is 2.78. The summed E-state index contributed by atoms with van der Waals surface area (Å²) < 4.78 is 0.499. The first kappa shape index (κ1) is 14.5. The van der Waals surface area contributed by atoms with Gasteiger partial charge in [0.1, 0.15) is 0 Å². The Bertz CT molecular complexity index is 606. The van der Waals surface area contributed by atoms with Gasteiger partial charge in [-0.3, -0.25) is 0 Å². The van der Waals surface area contributed by atoms with E-state index in [1.54, 1.807) is 12.1 Å². The SMILES string of the molecule is Cc1ccc(C(=O)NC([Se])=NCc2ccccc2)cc1. The van der Waals surface area contributed by atoms with E-state index in [0.29, 0.717) is 16.8 Å². The van der Waals surface area contributed by atoms with Gasteiger partial charge in [-0.25, -0.2) is 0 Å². The molecule has 0 heterocycles. The second kappa shape index (κ2) is 7.04. The molecule has 1 N–H and O–H groups in total. The fraction of sp³-hybridized carbons (Fsp3) is 0.125. The molecule has 3 nitrogen and oxygen atoms in total. The molecule has 1 amide bonds. The number of amides is 1. The van der Waals surface area contributed by atoms with Crippen molar-refractivity contribution in [3.63, 3.8) is 0 Å². The molecule has 2 aromatic carbocycles. The van der Waals surface area contributed by atoms with Crippen molar-refractivity contribution in [2.75, 3.05) is 0 Å². The van der Waals surface area contributed by atoms with Crippen LogP contribution in [0.4, 0.5) is 0 Å². The summed E-state index contributed by atoms with van der Waals surface area (Å²) in [5, 5.41) is 2.74. The van der Waals surface area contributed by atoms with Gasteiger partial charge in [-0.05, 0) is 0 Å². The zero-order valence-corrected chi connectivity index (χ0v) is 12.9. The average Bonchev–Trinajstić information content (AvgIpc) is 2.47. The van der Waals surface area contributed by atoms with Crippen LogP contribution in [-0.4, -0.2) is 26.7 Å². The molecule has 1 radical (unpaired) electrons. The Labute approximate surface area is 126 Å². The standard InChI is InChI=1S/C16H15N2OSe/c1-12-7-9-14(10-8-12)15(19)18-16(20)17-11-13-5-3-2-4-6-13/h2-10H,11H2,1H3,(H,17,18,19). The molecule has 101 valence electrons. The first-order valence-corrected chi connectivity index (χ1v) is 7.14. The number of aliphatic imine (C=N–C) groups is 1. The van der Waals surface area contributed by atoms with Crippen molar-refractivity contribution < 1.29 is 4.79 Å². The molecular formula is C16H15N2OSe. The number of nitrogens with one attached hydrogen (secondary N) is 1. The Kier molecular flexibility index (Phi) is 5.10. The molecule has 2 rings (SSSR count). The Balaban J connectivity index is 1.95. The summed E-state index contributed by atoms with van der Waals surface area (Å²) in [6.07, 6.45) is 0. The van der Waals surface area contributed by atoms with Crippen LogP contribution in [0.1, 0.15) is 21.5 Å². The van der Waals surface area contributed by atoms with Crippen molar-refractivity contribution >= 4 is 26.7 Å². The summed E-state index contributed by atoms with van der Waals surface area (Å²) in [4.78, 5) is 16.3. The van der Waals surface area contributed by atoms with Gasteiger partial charge < -0.3 is 0 Å². The van der Waals surface area contributed by atoms with Crippen LogP contribution in [-0.2, 0) is 6.54 Å². The van der Waals surface area contributed by atoms with Crippen molar-refractivity contribution in [3.8, 4) is 0 Å². The first-order chi connectivity index (χ1) is 9.65. The van der Waals surface area contributed by atoms with E-state index in [1.807, 2.05) is 49.4 Å². The zero-order valence-electron chi connectivity index (χ0n) is 11.2. The fourth-order valence-corrected chi connectivity index (χ4v) is 1.99. The number of hydrogen-bond donors (Lipinski definition) is 1. The van der Waals surface area contributed by atoms with Crippen LogP contribution in [0.25, 0.3) is 0 Å². The molecule has 0 fully saturated rings. The van der Waals surface area contributed by atoms with Crippen LogP contribution in [0.2, 0.25) is 0 Å². The topological polar surface area (TPSA) is 41.5 Å². The number of hydrogen-bond acceptors (Lipinski definition) is 2. The third kappa shape index (κ3) is 4.33. The molecule has 0 aliphatic heterocycles. The van der Waals surface area contributed by atoms with Crippen molar-refractivity contribution in [2.45, 2.75) is 13.5 Å². The average molecular weight is 330 g/mol. The number of benzene rings is 2. The monoisotopic (exact) mass is 331 g/mol. The molecule has 0 bridgehead atoms. The molecule has 0 aliphatic rings. The van der Waals surface area contributed by atoms with Gasteiger partial charge in [0.05, 0.1) is 0 Å². The van der Waals surface area contributed by atoms with Crippen LogP contribution in [0, 0.1) is 6.92 Å². The van der Waals surface area contributed by atoms with Crippen molar-refractivity contribution in [1.82, 2.24) is 5.32 Å². The van der Waals surface area contributed by atoms with Gasteiger partial charge in [0.2, 0.25) is 0 Å². The van der Waals surface area contributed by atoms with E-state index in [-0.39, 0.29) is 5.91 Å². The summed E-state index contributed by atoms with van der Waals surface area (Å²) in [7, 11) is 0. The molecule has 0 aliphatic carbocycles. The summed E-state index contributed by atoms with van der Waals surface area (Å²) in [5.41, 5.74) is 2.85. The molecule has 0 unspecified atom stereocenters. The summed E-state index contributed by atoms with van der Waals surface area (Å²) in [6, 6.07) is 17.3. The van der Waals surface area contributed by atoms with Gasteiger partial charge in [0.15, 0.2) is 0 Å². The number of carbonyl (C=O) groups excluding carboxylic acids is 1. The van der Waals surface area contributed by atoms with Gasteiger partial charge in [-0.15, -0.1) is 0 Å². The van der Waals surface area contributed by atoms with Gasteiger partial charge in [-0.2, -0.15) is 0 Å². The molecule has 4 heteroatoms. The number of carbonyl (C=O) groups is 1. The van der Waals surface area contributed by atoms with E-state index < -0.39 is 0 Å². The van der Waals surface area contributed by atoms with Crippen molar-refractivity contribution in [2.24, 2.45) is 4.99 Å². The molecule has 2 aromatic rings. The second-order valence-electron chi connectivity index (χ2n) is 4.43. The molecule has 0 saturated carbocycles. The molecule has 20 heavy (non-hydrogen) atoms. The number of rotatable bonds is 3. The second-order valence-corrected chi connectivity index (χ2v) is 5.24. The van der Waals surface area contributed by atoms with Crippen molar-refractivity contribution in [3.05, 3.63) is 71.3 Å². The predicted octanol–water partition coefficient (Wildman–Crippen LogP) is 2.45. The zero-order chi connectivity index (χ0) is 14.4. The molecule has 0 aromatic heterocycles. The van der Waals surface area contributed by atoms with E-state index in [9.17, 15) is 4.79 Å².